The third-order valence-electron chi connectivity index (χ3n) is 4.34. The van der Waals surface area contributed by atoms with E-state index in [9.17, 15) is 13.2 Å². The first kappa shape index (κ1) is 18.9. The smallest absolute Gasteiger partial charge is 0.250 e. The Labute approximate surface area is 167 Å². The molecule has 3 aromatic rings. The number of nitrogens with one attached hydrogen (secondary N) is 1. The molecule has 9 heteroatoms. The lowest BCUT2D eigenvalue weighted by atomic mass is 10.2. The average molecular weight is 418 g/mol. The highest BCUT2D eigenvalue weighted by Gasteiger charge is 2.28. The van der Waals surface area contributed by atoms with Gasteiger partial charge in [0.25, 0.3) is 0 Å². The number of carbonyl (C=O) groups is 1. The molecule has 1 saturated heterocycles. The standard InChI is InChI=1S/C19H19N3O4S2/c23-18(12-26-13-19-21-16-4-1-2-5-17(16)27-19)20-14-6-8-15(9-7-14)22-10-3-11-28(22,24)25/h1-2,4-9H,3,10-13H2,(H,20,23). The highest BCUT2D eigenvalue weighted by molar-refractivity contribution is 7.93. The SMILES string of the molecule is O=C(COCc1nc2ccccc2s1)Nc1ccc(N2CCCS2(=O)=O)cc1. The normalized spacial score (nSPS) is 15.8. The zero-order valence-electron chi connectivity index (χ0n) is 15.0. The van der Waals surface area contributed by atoms with Crippen LogP contribution in [0.4, 0.5) is 11.4 Å². The number of nitrogens with zero attached hydrogens (tertiary/aromatic N) is 2. The van der Waals surface area contributed by atoms with Gasteiger partial charge in [0.1, 0.15) is 11.6 Å². The average Bonchev–Trinajstić information content (AvgIpc) is 3.24. The Morgan fingerprint density at radius 1 is 1.18 bits per heavy atom. The molecule has 1 amide bonds. The second-order valence-electron chi connectivity index (χ2n) is 6.40. The van der Waals surface area contributed by atoms with Gasteiger partial charge in [-0.25, -0.2) is 13.4 Å². The van der Waals surface area contributed by atoms with Crippen molar-refractivity contribution in [1.29, 1.82) is 0 Å². The number of anilines is 2. The molecule has 1 aliphatic rings. The van der Waals surface area contributed by atoms with Crippen LogP contribution in [0, 0.1) is 0 Å². The molecule has 146 valence electrons. The van der Waals surface area contributed by atoms with E-state index in [2.05, 4.69) is 10.3 Å². The predicted molar refractivity (Wildman–Crippen MR) is 110 cm³/mol. The highest BCUT2D eigenvalue weighted by Crippen LogP contribution is 2.25. The quantitative estimate of drug-likeness (QED) is 0.666. The second kappa shape index (κ2) is 7.86. The van der Waals surface area contributed by atoms with Crippen molar-refractivity contribution < 1.29 is 17.9 Å². The molecule has 2 heterocycles. The zero-order valence-corrected chi connectivity index (χ0v) is 16.6. The Hall–Kier alpha value is -2.49. The fourth-order valence-electron chi connectivity index (χ4n) is 3.05. The minimum absolute atomic E-state index is 0.0851. The third-order valence-corrected chi connectivity index (χ3v) is 7.21. The number of para-hydroxylation sites is 1. The fraction of sp³-hybridized carbons (Fsp3) is 0.263. The summed E-state index contributed by atoms with van der Waals surface area (Å²) < 4.78 is 31.9. The second-order valence-corrected chi connectivity index (χ2v) is 9.53. The lowest BCUT2D eigenvalue weighted by molar-refractivity contribution is -0.121. The minimum atomic E-state index is -3.20. The van der Waals surface area contributed by atoms with Crippen molar-refractivity contribution in [3.63, 3.8) is 0 Å². The van der Waals surface area contributed by atoms with Crippen molar-refractivity contribution in [2.24, 2.45) is 0 Å². The molecule has 1 aromatic heterocycles. The van der Waals surface area contributed by atoms with Crippen molar-refractivity contribution in [1.82, 2.24) is 4.98 Å². The Morgan fingerprint density at radius 3 is 2.68 bits per heavy atom. The Bertz CT molecular complexity index is 1060. The maximum Gasteiger partial charge on any atom is 0.250 e. The molecule has 2 aromatic carbocycles. The van der Waals surface area contributed by atoms with Gasteiger partial charge in [-0.15, -0.1) is 11.3 Å². The van der Waals surface area contributed by atoms with Crippen molar-refractivity contribution in [2.45, 2.75) is 13.0 Å². The van der Waals surface area contributed by atoms with E-state index in [4.69, 9.17) is 4.74 Å². The molecule has 0 bridgehead atoms. The monoisotopic (exact) mass is 417 g/mol. The highest BCUT2D eigenvalue weighted by atomic mass is 32.2. The predicted octanol–water partition coefficient (Wildman–Crippen LogP) is 2.99. The topological polar surface area (TPSA) is 88.6 Å². The van der Waals surface area contributed by atoms with Gasteiger partial charge >= 0.3 is 0 Å². The molecule has 1 N–H and O–H groups in total. The summed E-state index contributed by atoms with van der Waals surface area (Å²) in [7, 11) is -3.20. The maximum atomic E-state index is 12.1. The molecular weight excluding hydrogens is 398 g/mol. The van der Waals surface area contributed by atoms with Crippen LogP contribution < -0.4 is 9.62 Å². The van der Waals surface area contributed by atoms with E-state index in [0.717, 1.165) is 15.2 Å². The van der Waals surface area contributed by atoms with Gasteiger partial charge in [-0.05, 0) is 42.8 Å². The number of aromatic nitrogens is 1. The summed E-state index contributed by atoms with van der Waals surface area (Å²) in [5, 5.41) is 3.57. The Morgan fingerprint density at radius 2 is 1.96 bits per heavy atom. The van der Waals surface area contributed by atoms with Gasteiger partial charge in [-0.3, -0.25) is 9.10 Å². The van der Waals surface area contributed by atoms with E-state index in [1.165, 1.54) is 4.31 Å². The number of ether oxygens (including phenoxy) is 1. The first-order chi connectivity index (χ1) is 13.5. The molecule has 0 atom stereocenters. The number of hydrogen-bond acceptors (Lipinski definition) is 6. The summed E-state index contributed by atoms with van der Waals surface area (Å²) in [6.45, 7) is 0.685. The van der Waals surface area contributed by atoms with Crippen LogP contribution in [0.5, 0.6) is 0 Å². The fourth-order valence-corrected chi connectivity index (χ4v) is 5.52. The molecule has 0 unspecified atom stereocenters. The number of sulfonamides is 1. The van der Waals surface area contributed by atoms with Crippen LogP contribution in [0.25, 0.3) is 10.2 Å². The number of thiazole rings is 1. The molecule has 28 heavy (non-hydrogen) atoms. The number of fused-ring (bicyclic) bond motifs is 1. The minimum Gasteiger partial charge on any atom is -0.364 e. The lowest BCUT2D eigenvalue weighted by Gasteiger charge is -2.17. The van der Waals surface area contributed by atoms with Crippen molar-refractivity contribution in [3.05, 3.63) is 53.5 Å². The third kappa shape index (κ3) is 4.16. The summed E-state index contributed by atoms with van der Waals surface area (Å²) >= 11 is 1.54. The molecule has 0 aliphatic carbocycles. The van der Waals surface area contributed by atoms with Gasteiger partial charge in [0.2, 0.25) is 15.9 Å². The van der Waals surface area contributed by atoms with E-state index in [0.29, 0.717) is 24.3 Å². The summed E-state index contributed by atoms with van der Waals surface area (Å²) in [4.78, 5) is 16.5. The number of amides is 1. The molecule has 0 radical (unpaired) electrons. The summed E-state index contributed by atoms with van der Waals surface area (Å²) in [6, 6.07) is 14.6. The van der Waals surface area contributed by atoms with Gasteiger partial charge in [-0.1, -0.05) is 12.1 Å². The van der Waals surface area contributed by atoms with Crippen LogP contribution in [0.15, 0.2) is 48.5 Å². The number of carbonyl (C=O) groups excluding carboxylic acids is 1. The van der Waals surface area contributed by atoms with Gasteiger partial charge < -0.3 is 10.1 Å². The van der Waals surface area contributed by atoms with Crippen LogP contribution in [0.3, 0.4) is 0 Å². The summed E-state index contributed by atoms with van der Waals surface area (Å²) in [5.74, 6) is -0.0973. The van der Waals surface area contributed by atoms with Gasteiger partial charge in [0.05, 0.1) is 28.3 Å². The van der Waals surface area contributed by atoms with E-state index in [-0.39, 0.29) is 24.9 Å². The van der Waals surface area contributed by atoms with Crippen LogP contribution in [-0.2, 0) is 26.2 Å². The summed E-state index contributed by atoms with van der Waals surface area (Å²) in [6.07, 6.45) is 0.632. The lowest BCUT2D eigenvalue weighted by Crippen LogP contribution is -2.25. The van der Waals surface area contributed by atoms with E-state index < -0.39 is 10.0 Å². The molecule has 4 rings (SSSR count). The largest absolute Gasteiger partial charge is 0.364 e. The van der Waals surface area contributed by atoms with Crippen molar-refractivity contribution in [2.75, 3.05) is 28.5 Å². The molecule has 7 nitrogen and oxygen atoms in total. The number of benzene rings is 2. The van der Waals surface area contributed by atoms with Gasteiger partial charge in [0.15, 0.2) is 0 Å². The molecular formula is C19H19N3O4S2. The summed E-state index contributed by atoms with van der Waals surface area (Å²) in [5.41, 5.74) is 2.13. The van der Waals surface area contributed by atoms with Gasteiger partial charge in [0, 0.05) is 12.2 Å². The Balaban J connectivity index is 1.29. The number of rotatable bonds is 6. The van der Waals surface area contributed by atoms with Crippen LogP contribution in [0.1, 0.15) is 11.4 Å². The van der Waals surface area contributed by atoms with Crippen molar-refractivity contribution >= 4 is 48.9 Å². The van der Waals surface area contributed by atoms with Crippen molar-refractivity contribution in [3.8, 4) is 0 Å². The molecule has 1 fully saturated rings. The molecule has 1 aliphatic heterocycles. The van der Waals surface area contributed by atoms with E-state index >= 15 is 0 Å². The van der Waals surface area contributed by atoms with E-state index in [1.54, 1.807) is 35.6 Å². The maximum absolute atomic E-state index is 12.1. The first-order valence-corrected chi connectivity index (χ1v) is 11.3. The van der Waals surface area contributed by atoms with Crippen LogP contribution >= 0.6 is 11.3 Å². The molecule has 0 saturated carbocycles. The van der Waals surface area contributed by atoms with Crippen LogP contribution in [0.2, 0.25) is 0 Å². The van der Waals surface area contributed by atoms with Gasteiger partial charge in [-0.2, -0.15) is 0 Å². The molecule has 0 spiro atoms. The number of hydrogen-bond donors (Lipinski definition) is 1. The van der Waals surface area contributed by atoms with Crippen LogP contribution in [-0.4, -0.2) is 38.2 Å². The zero-order chi connectivity index (χ0) is 19.6. The van der Waals surface area contributed by atoms with E-state index in [1.807, 2.05) is 24.3 Å². The first-order valence-electron chi connectivity index (χ1n) is 8.84. The Kier molecular flexibility index (Phi) is 5.29.